The standard InChI is InChI=1S/C13H19NO2/c1-10(12-5-6-16-9-12)14-13-4-2-3-11(7-13)8-15/h2-4,7,10,12,14-15H,5-6,8-9H2,1H3/t10-,12+/m0/s1. The number of benzene rings is 1. The summed E-state index contributed by atoms with van der Waals surface area (Å²) < 4.78 is 5.38. The lowest BCUT2D eigenvalue weighted by Crippen LogP contribution is -2.26. The first-order valence-corrected chi connectivity index (χ1v) is 5.83. The van der Waals surface area contributed by atoms with E-state index in [-0.39, 0.29) is 6.61 Å². The van der Waals surface area contributed by atoms with Gasteiger partial charge < -0.3 is 15.2 Å². The Bertz CT molecular complexity index is 334. The van der Waals surface area contributed by atoms with Gasteiger partial charge in [0, 0.05) is 24.3 Å². The molecule has 1 aromatic carbocycles. The monoisotopic (exact) mass is 221 g/mol. The van der Waals surface area contributed by atoms with E-state index in [1.54, 1.807) is 0 Å². The van der Waals surface area contributed by atoms with Crippen molar-refractivity contribution in [2.75, 3.05) is 18.5 Å². The Morgan fingerprint density at radius 3 is 3.12 bits per heavy atom. The molecule has 0 aliphatic carbocycles. The summed E-state index contributed by atoms with van der Waals surface area (Å²) in [6.45, 7) is 4.02. The van der Waals surface area contributed by atoms with Crippen LogP contribution in [-0.2, 0) is 11.3 Å². The zero-order valence-electron chi connectivity index (χ0n) is 9.65. The van der Waals surface area contributed by atoms with Crippen molar-refractivity contribution < 1.29 is 9.84 Å². The maximum atomic E-state index is 9.06. The lowest BCUT2D eigenvalue weighted by molar-refractivity contribution is 0.183. The van der Waals surface area contributed by atoms with Gasteiger partial charge in [-0.1, -0.05) is 12.1 Å². The van der Waals surface area contributed by atoms with Crippen LogP contribution in [0.1, 0.15) is 18.9 Å². The third-order valence-electron chi connectivity index (χ3n) is 3.18. The van der Waals surface area contributed by atoms with Crippen molar-refractivity contribution in [1.82, 2.24) is 0 Å². The highest BCUT2D eigenvalue weighted by molar-refractivity contribution is 5.46. The van der Waals surface area contributed by atoms with Crippen molar-refractivity contribution in [3.63, 3.8) is 0 Å². The molecule has 1 heterocycles. The average Bonchev–Trinajstić information content (AvgIpc) is 2.83. The van der Waals surface area contributed by atoms with Crippen LogP contribution in [0.3, 0.4) is 0 Å². The van der Waals surface area contributed by atoms with Crippen LogP contribution >= 0.6 is 0 Å². The molecule has 16 heavy (non-hydrogen) atoms. The highest BCUT2D eigenvalue weighted by atomic mass is 16.5. The molecule has 1 aromatic rings. The summed E-state index contributed by atoms with van der Waals surface area (Å²) in [4.78, 5) is 0. The van der Waals surface area contributed by atoms with E-state index in [2.05, 4.69) is 12.2 Å². The van der Waals surface area contributed by atoms with Gasteiger partial charge in [0.25, 0.3) is 0 Å². The predicted octanol–water partition coefficient (Wildman–Crippen LogP) is 2.02. The second-order valence-electron chi connectivity index (χ2n) is 4.42. The number of nitrogens with one attached hydrogen (secondary N) is 1. The fraction of sp³-hybridized carbons (Fsp3) is 0.538. The maximum Gasteiger partial charge on any atom is 0.0682 e. The van der Waals surface area contributed by atoms with E-state index < -0.39 is 0 Å². The first-order valence-electron chi connectivity index (χ1n) is 5.83. The van der Waals surface area contributed by atoms with Crippen molar-refractivity contribution in [2.45, 2.75) is 26.0 Å². The highest BCUT2D eigenvalue weighted by Gasteiger charge is 2.21. The molecule has 1 aliphatic rings. The molecule has 2 atom stereocenters. The van der Waals surface area contributed by atoms with E-state index >= 15 is 0 Å². The summed E-state index contributed by atoms with van der Waals surface area (Å²) in [7, 11) is 0. The molecule has 1 fully saturated rings. The van der Waals surface area contributed by atoms with Crippen molar-refractivity contribution in [3.8, 4) is 0 Å². The van der Waals surface area contributed by atoms with Crippen LogP contribution in [0.2, 0.25) is 0 Å². The average molecular weight is 221 g/mol. The molecule has 0 unspecified atom stereocenters. The molecule has 0 spiro atoms. The van der Waals surface area contributed by atoms with Crippen molar-refractivity contribution in [2.24, 2.45) is 5.92 Å². The summed E-state index contributed by atoms with van der Waals surface area (Å²) in [5.74, 6) is 0.595. The van der Waals surface area contributed by atoms with Crippen LogP contribution in [0, 0.1) is 5.92 Å². The van der Waals surface area contributed by atoms with Gasteiger partial charge in [0.2, 0.25) is 0 Å². The Morgan fingerprint density at radius 1 is 1.56 bits per heavy atom. The largest absolute Gasteiger partial charge is 0.392 e. The van der Waals surface area contributed by atoms with Gasteiger partial charge in [0.1, 0.15) is 0 Å². The minimum atomic E-state index is 0.0937. The summed E-state index contributed by atoms with van der Waals surface area (Å²) in [6, 6.07) is 8.33. The van der Waals surface area contributed by atoms with Gasteiger partial charge in [-0.2, -0.15) is 0 Å². The molecule has 0 radical (unpaired) electrons. The molecule has 2 rings (SSSR count). The second kappa shape index (κ2) is 5.32. The quantitative estimate of drug-likeness (QED) is 0.817. The van der Waals surface area contributed by atoms with E-state index in [9.17, 15) is 0 Å². The topological polar surface area (TPSA) is 41.5 Å². The molecular weight excluding hydrogens is 202 g/mol. The molecule has 3 nitrogen and oxygen atoms in total. The lowest BCUT2D eigenvalue weighted by Gasteiger charge is -2.20. The number of hydrogen-bond acceptors (Lipinski definition) is 3. The maximum absolute atomic E-state index is 9.06. The predicted molar refractivity (Wildman–Crippen MR) is 64.4 cm³/mol. The van der Waals surface area contributed by atoms with Crippen LogP contribution in [0.15, 0.2) is 24.3 Å². The molecule has 0 bridgehead atoms. The number of aliphatic hydroxyl groups excluding tert-OH is 1. The van der Waals surface area contributed by atoms with Crippen LogP contribution in [-0.4, -0.2) is 24.4 Å². The first kappa shape index (κ1) is 11.4. The number of hydrogen-bond donors (Lipinski definition) is 2. The third kappa shape index (κ3) is 2.74. The van der Waals surface area contributed by atoms with E-state index in [0.717, 1.165) is 30.9 Å². The lowest BCUT2D eigenvalue weighted by atomic mass is 10.0. The minimum absolute atomic E-state index is 0.0937. The second-order valence-corrected chi connectivity index (χ2v) is 4.42. The number of rotatable bonds is 4. The number of anilines is 1. The van der Waals surface area contributed by atoms with Crippen LogP contribution in [0.5, 0.6) is 0 Å². The molecule has 0 amide bonds. The van der Waals surface area contributed by atoms with Gasteiger partial charge >= 0.3 is 0 Å². The molecular formula is C13H19NO2. The molecule has 1 saturated heterocycles. The highest BCUT2D eigenvalue weighted by Crippen LogP contribution is 2.20. The SMILES string of the molecule is C[C@H](Nc1cccc(CO)c1)[C@@H]1CCOC1. The van der Waals surface area contributed by atoms with Gasteiger partial charge in [-0.15, -0.1) is 0 Å². The number of aliphatic hydroxyl groups is 1. The zero-order chi connectivity index (χ0) is 11.4. The summed E-state index contributed by atoms with van der Waals surface area (Å²) in [6.07, 6.45) is 1.13. The molecule has 1 aliphatic heterocycles. The first-order chi connectivity index (χ1) is 7.79. The van der Waals surface area contributed by atoms with Crippen LogP contribution in [0.25, 0.3) is 0 Å². The molecule has 88 valence electrons. The van der Waals surface area contributed by atoms with Crippen molar-refractivity contribution in [1.29, 1.82) is 0 Å². The smallest absolute Gasteiger partial charge is 0.0682 e. The summed E-state index contributed by atoms with van der Waals surface area (Å²) in [5, 5.41) is 12.5. The van der Waals surface area contributed by atoms with E-state index in [0.29, 0.717) is 12.0 Å². The van der Waals surface area contributed by atoms with Crippen molar-refractivity contribution in [3.05, 3.63) is 29.8 Å². The van der Waals surface area contributed by atoms with Crippen LogP contribution in [0.4, 0.5) is 5.69 Å². The van der Waals surface area contributed by atoms with Gasteiger partial charge in [-0.25, -0.2) is 0 Å². The fourth-order valence-corrected chi connectivity index (χ4v) is 2.09. The minimum Gasteiger partial charge on any atom is -0.392 e. The van der Waals surface area contributed by atoms with Crippen LogP contribution < -0.4 is 5.32 Å². The summed E-state index contributed by atoms with van der Waals surface area (Å²) >= 11 is 0. The fourth-order valence-electron chi connectivity index (χ4n) is 2.09. The molecule has 0 saturated carbocycles. The van der Waals surface area contributed by atoms with E-state index in [1.165, 1.54) is 0 Å². The normalized spacial score (nSPS) is 22.0. The van der Waals surface area contributed by atoms with E-state index in [4.69, 9.17) is 9.84 Å². The molecule has 0 aromatic heterocycles. The zero-order valence-corrected chi connectivity index (χ0v) is 9.65. The molecule has 3 heteroatoms. The van der Waals surface area contributed by atoms with E-state index in [1.807, 2.05) is 24.3 Å². The molecule has 2 N–H and O–H groups in total. The Hall–Kier alpha value is -1.06. The Balaban J connectivity index is 1.96. The van der Waals surface area contributed by atoms with Crippen molar-refractivity contribution >= 4 is 5.69 Å². The van der Waals surface area contributed by atoms with Gasteiger partial charge in [0.15, 0.2) is 0 Å². The Morgan fingerprint density at radius 2 is 2.44 bits per heavy atom. The van der Waals surface area contributed by atoms with Gasteiger partial charge in [0.05, 0.1) is 13.2 Å². The summed E-state index contributed by atoms with van der Waals surface area (Å²) in [5.41, 5.74) is 2.02. The third-order valence-corrected chi connectivity index (χ3v) is 3.18. The number of ether oxygens (including phenoxy) is 1. The Labute approximate surface area is 96.4 Å². The van der Waals surface area contributed by atoms with Gasteiger partial charge in [-0.3, -0.25) is 0 Å². The van der Waals surface area contributed by atoms with Gasteiger partial charge in [-0.05, 0) is 31.0 Å². The Kier molecular flexibility index (Phi) is 3.80.